The third kappa shape index (κ3) is 5.38. The molecule has 0 aliphatic carbocycles. The van der Waals surface area contributed by atoms with E-state index in [-0.39, 0.29) is 6.09 Å². The van der Waals surface area contributed by atoms with Crippen LogP contribution in [-0.4, -0.2) is 38.2 Å². The lowest BCUT2D eigenvalue weighted by Gasteiger charge is -2.20. The summed E-state index contributed by atoms with van der Waals surface area (Å²) in [7, 11) is 3.90. The van der Waals surface area contributed by atoms with Crippen molar-refractivity contribution in [2.24, 2.45) is 0 Å². The van der Waals surface area contributed by atoms with Crippen molar-refractivity contribution in [3.05, 3.63) is 29.3 Å². The molecule has 4 heteroatoms. The maximum absolute atomic E-state index is 12.0. The van der Waals surface area contributed by atoms with Crippen molar-refractivity contribution in [3.63, 3.8) is 0 Å². The number of para-hydroxylation sites is 1. The van der Waals surface area contributed by atoms with Gasteiger partial charge in [-0.25, -0.2) is 4.79 Å². The van der Waals surface area contributed by atoms with Crippen LogP contribution in [0.25, 0.3) is 0 Å². The lowest BCUT2D eigenvalue weighted by Crippen LogP contribution is -2.23. The van der Waals surface area contributed by atoms with Gasteiger partial charge in [-0.15, -0.1) is 0 Å². The molecule has 0 aliphatic rings. The van der Waals surface area contributed by atoms with E-state index in [0.717, 1.165) is 23.4 Å². The van der Waals surface area contributed by atoms with E-state index in [4.69, 9.17) is 4.74 Å². The number of carbonyl (C=O) groups excluding carboxylic acids is 1. The molecule has 0 heterocycles. The zero-order valence-electron chi connectivity index (χ0n) is 14.1. The SMILES string of the molecule is CC(C)c1cccc(C(C)C)c1NC(=O)OCCN(C)C. The van der Waals surface area contributed by atoms with Gasteiger partial charge in [0.1, 0.15) is 6.61 Å². The van der Waals surface area contributed by atoms with Gasteiger partial charge in [-0.3, -0.25) is 5.32 Å². The molecule has 1 aromatic carbocycles. The number of amides is 1. The van der Waals surface area contributed by atoms with Crippen molar-refractivity contribution in [3.8, 4) is 0 Å². The number of nitrogens with one attached hydrogen (secondary N) is 1. The third-order valence-electron chi connectivity index (χ3n) is 3.37. The molecule has 1 N–H and O–H groups in total. The number of benzene rings is 1. The Labute approximate surface area is 128 Å². The summed E-state index contributed by atoms with van der Waals surface area (Å²) in [6, 6.07) is 6.17. The minimum Gasteiger partial charge on any atom is -0.448 e. The van der Waals surface area contributed by atoms with Crippen LogP contribution in [0.2, 0.25) is 0 Å². The minimum absolute atomic E-state index is 0.348. The summed E-state index contributed by atoms with van der Waals surface area (Å²) in [5.41, 5.74) is 3.19. The Balaban J connectivity index is 2.87. The highest BCUT2D eigenvalue weighted by Gasteiger charge is 2.16. The highest BCUT2D eigenvalue weighted by Crippen LogP contribution is 2.32. The van der Waals surface area contributed by atoms with Crippen molar-refractivity contribution in [2.45, 2.75) is 39.5 Å². The van der Waals surface area contributed by atoms with Crippen molar-refractivity contribution in [1.82, 2.24) is 4.90 Å². The quantitative estimate of drug-likeness (QED) is 0.860. The maximum atomic E-state index is 12.0. The van der Waals surface area contributed by atoms with Gasteiger partial charge in [0.05, 0.1) is 5.69 Å². The van der Waals surface area contributed by atoms with Gasteiger partial charge in [0.15, 0.2) is 0 Å². The first-order chi connectivity index (χ1) is 9.82. The Kier molecular flexibility index (Phi) is 6.69. The van der Waals surface area contributed by atoms with Gasteiger partial charge in [0.2, 0.25) is 0 Å². The molecule has 1 amide bonds. The molecule has 0 saturated carbocycles. The Bertz CT molecular complexity index is 442. The largest absolute Gasteiger partial charge is 0.448 e. The highest BCUT2D eigenvalue weighted by molar-refractivity contribution is 5.87. The van der Waals surface area contributed by atoms with Crippen LogP contribution >= 0.6 is 0 Å². The fourth-order valence-electron chi connectivity index (χ4n) is 2.15. The van der Waals surface area contributed by atoms with E-state index in [0.29, 0.717) is 18.4 Å². The molecule has 1 rings (SSSR count). The van der Waals surface area contributed by atoms with Gasteiger partial charge in [0, 0.05) is 6.54 Å². The molecule has 0 aromatic heterocycles. The number of carbonyl (C=O) groups is 1. The van der Waals surface area contributed by atoms with Crippen LogP contribution < -0.4 is 5.32 Å². The second kappa shape index (κ2) is 8.03. The van der Waals surface area contributed by atoms with E-state index in [1.54, 1.807) is 0 Å². The van der Waals surface area contributed by atoms with Gasteiger partial charge in [-0.05, 0) is 37.1 Å². The summed E-state index contributed by atoms with van der Waals surface area (Å²) < 4.78 is 5.23. The fourth-order valence-corrected chi connectivity index (χ4v) is 2.15. The number of hydrogen-bond donors (Lipinski definition) is 1. The summed E-state index contributed by atoms with van der Waals surface area (Å²) >= 11 is 0. The van der Waals surface area contributed by atoms with Gasteiger partial charge in [-0.2, -0.15) is 0 Å². The number of ether oxygens (including phenoxy) is 1. The van der Waals surface area contributed by atoms with E-state index < -0.39 is 0 Å². The first kappa shape index (κ1) is 17.5. The first-order valence-corrected chi connectivity index (χ1v) is 7.54. The summed E-state index contributed by atoms with van der Waals surface area (Å²) in [5, 5.41) is 2.94. The number of anilines is 1. The average Bonchev–Trinajstić information content (AvgIpc) is 2.37. The molecule has 0 unspecified atom stereocenters. The van der Waals surface area contributed by atoms with Crippen LogP contribution in [0.5, 0.6) is 0 Å². The Morgan fingerprint density at radius 1 is 1.14 bits per heavy atom. The van der Waals surface area contributed by atoms with Crippen LogP contribution in [-0.2, 0) is 4.74 Å². The van der Waals surface area contributed by atoms with Gasteiger partial charge in [-0.1, -0.05) is 45.9 Å². The lowest BCUT2D eigenvalue weighted by atomic mass is 9.93. The Morgan fingerprint density at radius 3 is 2.10 bits per heavy atom. The van der Waals surface area contributed by atoms with Crippen LogP contribution in [0.4, 0.5) is 10.5 Å². The van der Waals surface area contributed by atoms with E-state index in [9.17, 15) is 4.79 Å². The van der Waals surface area contributed by atoms with Crippen molar-refractivity contribution in [1.29, 1.82) is 0 Å². The smallest absolute Gasteiger partial charge is 0.411 e. The van der Waals surface area contributed by atoms with E-state index in [1.807, 2.05) is 25.1 Å². The Hall–Kier alpha value is -1.55. The van der Waals surface area contributed by atoms with E-state index >= 15 is 0 Å². The first-order valence-electron chi connectivity index (χ1n) is 7.54. The van der Waals surface area contributed by atoms with Crippen LogP contribution in [0.1, 0.15) is 50.7 Å². The summed E-state index contributed by atoms with van der Waals surface area (Å²) in [6.07, 6.45) is -0.383. The standard InChI is InChI=1S/C17H28N2O2/c1-12(2)14-8-7-9-15(13(3)4)16(14)18-17(20)21-11-10-19(5)6/h7-9,12-13H,10-11H2,1-6H3,(H,18,20). The van der Waals surface area contributed by atoms with Gasteiger partial charge < -0.3 is 9.64 Å². The number of nitrogens with zero attached hydrogens (tertiary/aromatic N) is 1. The molecule has 0 radical (unpaired) electrons. The molecule has 1 aromatic rings. The van der Waals surface area contributed by atoms with Gasteiger partial charge in [0.25, 0.3) is 0 Å². The molecule has 0 atom stereocenters. The number of hydrogen-bond acceptors (Lipinski definition) is 3. The maximum Gasteiger partial charge on any atom is 0.411 e. The lowest BCUT2D eigenvalue weighted by molar-refractivity contribution is 0.151. The van der Waals surface area contributed by atoms with Crippen LogP contribution in [0.3, 0.4) is 0 Å². The molecule has 0 spiro atoms. The summed E-state index contributed by atoms with van der Waals surface area (Å²) in [5.74, 6) is 0.696. The molecule has 118 valence electrons. The third-order valence-corrected chi connectivity index (χ3v) is 3.37. The molecule has 21 heavy (non-hydrogen) atoms. The summed E-state index contributed by atoms with van der Waals surface area (Å²) in [6.45, 7) is 9.62. The highest BCUT2D eigenvalue weighted by atomic mass is 16.5. The molecule has 0 bridgehead atoms. The van der Waals surface area contributed by atoms with Crippen molar-refractivity contribution in [2.75, 3.05) is 32.6 Å². The molecule has 0 fully saturated rings. The normalized spacial score (nSPS) is 11.3. The van der Waals surface area contributed by atoms with Crippen molar-refractivity contribution < 1.29 is 9.53 Å². The van der Waals surface area contributed by atoms with E-state index in [2.05, 4.69) is 45.1 Å². The molecular weight excluding hydrogens is 264 g/mol. The average molecular weight is 292 g/mol. The predicted molar refractivity (Wildman–Crippen MR) is 88.1 cm³/mol. The summed E-state index contributed by atoms with van der Waals surface area (Å²) in [4.78, 5) is 14.0. The fraction of sp³-hybridized carbons (Fsp3) is 0.588. The topological polar surface area (TPSA) is 41.6 Å². The zero-order chi connectivity index (χ0) is 16.0. The number of likely N-dealkylation sites (N-methyl/N-ethyl adjacent to an activating group) is 1. The van der Waals surface area contributed by atoms with E-state index in [1.165, 1.54) is 0 Å². The van der Waals surface area contributed by atoms with Crippen molar-refractivity contribution >= 4 is 11.8 Å². The molecular formula is C17H28N2O2. The molecule has 0 saturated heterocycles. The van der Waals surface area contributed by atoms with Crippen LogP contribution in [0, 0.1) is 0 Å². The molecule has 4 nitrogen and oxygen atoms in total. The minimum atomic E-state index is -0.383. The molecule has 0 aliphatic heterocycles. The zero-order valence-corrected chi connectivity index (χ0v) is 14.1. The second-order valence-electron chi connectivity index (χ2n) is 6.19. The second-order valence-corrected chi connectivity index (χ2v) is 6.19. The number of rotatable bonds is 6. The van der Waals surface area contributed by atoms with Gasteiger partial charge >= 0.3 is 6.09 Å². The monoisotopic (exact) mass is 292 g/mol. The Morgan fingerprint density at radius 2 is 1.67 bits per heavy atom. The predicted octanol–water partition coefficient (Wildman–Crippen LogP) is 4.04. The van der Waals surface area contributed by atoms with Crippen LogP contribution in [0.15, 0.2) is 18.2 Å².